The molecule has 3 N–H and O–H groups in total. The van der Waals surface area contributed by atoms with Crippen molar-refractivity contribution in [3.8, 4) is 0 Å². The molecule has 1 unspecified atom stereocenters. The van der Waals surface area contributed by atoms with Crippen LogP contribution in [0.4, 0.5) is 11.4 Å². The molecule has 4 heteroatoms. The summed E-state index contributed by atoms with van der Waals surface area (Å²) in [5.74, 6) is 0.0413. The maximum atomic E-state index is 12.0. The lowest BCUT2D eigenvalue weighted by Crippen LogP contribution is -2.30. The van der Waals surface area contributed by atoms with Crippen molar-refractivity contribution >= 4 is 17.3 Å². The van der Waals surface area contributed by atoms with Gasteiger partial charge in [-0.25, -0.2) is 0 Å². The fourth-order valence-corrected chi connectivity index (χ4v) is 2.95. The fourth-order valence-electron chi connectivity index (χ4n) is 2.95. The SMILES string of the molecule is CC(N)CCC(=O)Nc1ccccc1N(C)C1CCCC1. The fraction of sp³-hybridized carbons (Fsp3) is 0.588. The van der Waals surface area contributed by atoms with Gasteiger partial charge < -0.3 is 16.0 Å². The molecule has 1 aliphatic carbocycles. The van der Waals surface area contributed by atoms with Crippen LogP contribution in [0.1, 0.15) is 45.4 Å². The Kier molecular flexibility index (Phi) is 5.62. The van der Waals surface area contributed by atoms with Gasteiger partial charge in [0.2, 0.25) is 5.91 Å². The number of nitrogens with zero attached hydrogens (tertiary/aromatic N) is 1. The molecule has 4 nitrogen and oxygen atoms in total. The van der Waals surface area contributed by atoms with Crippen LogP contribution in [0.25, 0.3) is 0 Å². The van der Waals surface area contributed by atoms with Gasteiger partial charge in [-0.15, -0.1) is 0 Å². The van der Waals surface area contributed by atoms with Crippen LogP contribution < -0.4 is 16.0 Å². The Bertz CT molecular complexity index is 467. The largest absolute Gasteiger partial charge is 0.370 e. The molecular weight excluding hydrogens is 262 g/mol. The van der Waals surface area contributed by atoms with Gasteiger partial charge in [-0.05, 0) is 38.3 Å². The zero-order chi connectivity index (χ0) is 15.2. The molecule has 1 amide bonds. The summed E-state index contributed by atoms with van der Waals surface area (Å²) in [4.78, 5) is 14.3. The van der Waals surface area contributed by atoms with Crippen molar-refractivity contribution in [2.45, 2.75) is 57.5 Å². The Morgan fingerprint density at radius 3 is 2.71 bits per heavy atom. The first kappa shape index (κ1) is 15.8. The zero-order valence-corrected chi connectivity index (χ0v) is 13.1. The van der Waals surface area contributed by atoms with E-state index in [2.05, 4.69) is 23.3 Å². The van der Waals surface area contributed by atoms with Crippen molar-refractivity contribution in [2.24, 2.45) is 5.73 Å². The van der Waals surface area contributed by atoms with E-state index in [9.17, 15) is 4.79 Å². The molecule has 1 aromatic carbocycles. The number of nitrogens with two attached hydrogens (primary N) is 1. The Hall–Kier alpha value is -1.55. The van der Waals surface area contributed by atoms with Crippen molar-refractivity contribution < 1.29 is 4.79 Å². The normalized spacial score (nSPS) is 16.7. The van der Waals surface area contributed by atoms with E-state index in [1.54, 1.807) is 0 Å². The number of hydrogen-bond donors (Lipinski definition) is 2. The molecule has 0 radical (unpaired) electrons. The lowest BCUT2D eigenvalue weighted by molar-refractivity contribution is -0.116. The monoisotopic (exact) mass is 289 g/mol. The minimum atomic E-state index is 0.0413. The molecule has 21 heavy (non-hydrogen) atoms. The Labute approximate surface area is 127 Å². The summed E-state index contributed by atoms with van der Waals surface area (Å²) < 4.78 is 0. The molecule has 0 saturated heterocycles. The van der Waals surface area contributed by atoms with Crippen molar-refractivity contribution in [2.75, 3.05) is 17.3 Å². The average Bonchev–Trinajstić information content (AvgIpc) is 2.99. The van der Waals surface area contributed by atoms with E-state index >= 15 is 0 Å². The molecule has 0 spiro atoms. The molecular formula is C17H27N3O. The lowest BCUT2D eigenvalue weighted by atomic mass is 10.1. The van der Waals surface area contributed by atoms with E-state index in [-0.39, 0.29) is 11.9 Å². The van der Waals surface area contributed by atoms with Gasteiger partial charge >= 0.3 is 0 Å². The number of rotatable bonds is 6. The molecule has 1 aliphatic rings. The molecule has 2 rings (SSSR count). The van der Waals surface area contributed by atoms with Crippen molar-refractivity contribution in [3.63, 3.8) is 0 Å². The second-order valence-electron chi connectivity index (χ2n) is 6.13. The summed E-state index contributed by atoms with van der Waals surface area (Å²) in [5, 5.41) is 3.03. The number of carbonyl (C=O) groups excluding carboxylic acids is 1. The molecule has 0 bridgehead atoms. The van der Waals surface area contributed by atoms with E-state index < -0.39 is 0 Å². The smallest absolute Gasteiger partial charge is 0.224 e. The number of anilines is 2. The highest BCUT2D eigenvalue weighted by Gasteiger charge is 2.21. The predicted octanol–water partition coefficient (Wildman–Crippen LogP) is 3.13. The third kappa shape index (κ3) is 4.46. The van der Waals surface area contributed by atoms with Crippen molar-refractivity contribution in [3.05, 3.63) is 24.3 Å². The first-order valence-electron chi connectivity index (χ1n) is 7.95. The van der Waals surface area contributed by atoms with Crippen LogP contribution >= 0.6 is 0 Å². The van der Waals surface area contributed by atoms with E-state index in [4.69, 9.17) is 5.73 Å². The minimum absolute atomic E-state index is 0.0413. The van der Waals surface area contributed by atoms with Crippen molar-refractivity contribution in [1.82, 2.24) is 0 Å². The molecule has 116 valence electrons. The van der Waals surface area contributed by atoms with Crippen LogP contribution in [0.2, 0.25) is 0 Å². The Morgan fingerprint density at radius 1 is 1.38 bits per heavy atom. The number of benzene rings is 1. The van der Waals surface area contributed by atoms with Gasteiger partial charge in [0.05, 0.1) is 11.4 Å². The highest BCUT2D eigenvalue weighted by atomic mass is 16.1. The van der Waals surface area contributed by atoms with E-state index in [0.717, 1.165) is 11.4 Å². The summed E-state index contributed by atoms with van der Waals surface area (Å²) in [6.45, 7) is 1.93. The van der Waals surface area contributed by atoms with Gasteiger partial charge in [0.25, 0.3) is 0 Å². The maximum absolute atomic E-state index is 12.0. The zero-order valence-electron chi connectivity index (χ0n) is 13.1. The van der Waals surface area contributed by atoms with E-state index in [1.165, 1.54) is 25.7 Å². The van der Waals surface area contributed by atoms with Crippen LogP contribution in [0.5, 0.6) is 0 Å². The van der Waals surface area contributed by atoms with Gasteiger partial charge in [-0.2, -0.15) is 0 Å². The second kappa shape index (κ2) is 7.46. The molecule has 1 atom stereocenters. The Morgan fingerprint density at radius 2 is 2.05 bits per heavy atom. The van der Waals surface area contributed by atoms with Gasteiger partial charge in [0, 0.05) is 25.6 Å². The van der Waals surface area contributed by atoms with Crippen LogP contribution in [-0.2, 0) is 4.79 Å². The molecule has 0 aliphatic heterocycles. The summed E-state index contributed by atoms with van der Waals surface area (Å²) in [7, 11) is 2.13. The third-order valence-electron chi connectivity index (χ3n) is 4.26. The molecule has 0 aromatic heterocycles. The molecule has 0 heterocycles. The lowest BCUT2D eigenvalue weighted by Gasteiger charge is -2.28. The number of nitrogens with one attached hydrogen (secondary N) is 1. The van der Waals surface area contributed by atoms with Gasteiger partial charge in [-0.3, -0.25) is 4.79 Å². The number of amides is 1. The van der Waals surface area contributed by atoms with Gasteiger partial charge in [-0.1, -0.05) is 25.0 Å². The summed E-state index contributed by atoms with van der Waals surface area (Å²) in [6.07, 6.45) is 6.27. The topological polar surface area (TPSA) is 58.4 Å². The van der Waals surface area contributed by atoms with Crippen LogP contribution in [0, 0.1) is 0 Å². The third-order valence-corrected chi connectivity index (χ3v) is 4.26. The van der Waals surface area contributed by atoms with Crippen molar-refractivity contribution in [1.29, 1.82) is 0 Å². The molecule has 1 fully saturated rings. The summed E-state index contributed by atoms with van der Waals surface area (Å²) >= 11 is 0. The molecule has 1 saturated carbocycles. The quantitative estimate of drug-likeness (QED) is 0.846. The molecule has 1 aromatic rings. The average molecular weight is 289 g/mol. The summed E-state index contributed by atoms with van der Waals surface area (Å²) in [5.41, 5.74) is 7.72. The van der Waals surface area contributed by atoms with Crippen LogP contribution in [-0.4, -0.2) is 25.0 Å². The first-order valence-corrected chi connectivity index (χ1v) is 7.95. The first-order chi connectivity index (χ1) is 10.1. The Balaban J connectivity index is 2.04. The van der Waals surface area contributed by atoms with Crippen LogP contribution in [0.15, 0.2) is 24.3 Å². The van der Waals surface area contributed by atoms with Gasteiger partial charge in [0.15, 0.2) is 0 Å². The maximum Gasteiger partial charge on any atom is 0.224 e. The highest BCUT2D eigenvalue weighted by Crippen LogP contribution is 2.31. The number of hydrogen-bond acceptors (Lipinski definition) is 3. The van der Waals surface area contributed by atoms with Gasteiger partial charge in [0.1, 0.15) is 0 Å². The summed E-state index contributed by atoms with van der Waals surface area (Å²) in [6, 6.07) is 8.70. The van der Waals surface area contributed by atoms with Crippen LogP contribution in [0.3, 0.4) is 0 Å². The highest BCUT2D eigenvalue weighted by molar-refractivity contribution is 5.94. The predicted molar refractivity (Wildman–Crippen MR) is 88.6 cm³/mol. The number of para-hydroxylation sites is 2. The minimum Gasteiger partial charge on any atom is -0.370 e. The number of carbonyl (C=O) groups is 1. The second-order valence-corrected chi connectivity index (χ2v) is 6.13. The van der Waals surface area contributed by atoms with E-state index in [1.807, 2.05) is 25.1 Å². The standard InChI is InChI=1S/C17H27N3O/c1-13(18)11-12-17(21)19-15-9-5-6-10-16(15)20(2)14-7-3-4-8-14/h5-6,9-10,13-14H,3-4,7-8,11-12,18H2,1-2H3,(H,19,21). The van der Waals surface area contributed by atoms with E-state index in [0.29, 0.717) is 18.9 Å².